The molecule has 21 heavy (non-hydrogen) atoms. The number of carbonyl (C=O) groups is 2. The van der Waals surface area contributed by atoms with Crippen molar-refractivity contribution in [1.82, 2.24) is 15.6 Å². The zero-order valence-corrected chi connectivity index (χ0v) is 12.1. The number of para-hydroxylation sites is 1. The van der Waals surface area contributed by atoms with Gasteiger partial charge in [-0.25, -0.2) is 4.98 Å². The van der Waals surface area contributed by atoms with E-state index in [2.05, 4.69) is 20.9 Å². The van der Waals surface area contributed by atoms with E-state index in [1.165, 1.54) is 7.05 Å². The maximum absolute atomic E-state index is 12.3. The fourth-order valence-corrected chi connectivity index (χ4v) is 1.98. The van der Waals surface area contributed by atoms with Crippen LogP contribution in [-0.2, 0) is 4.79 Å². The normalized spacial score (nSPS) is 10.2. The first-order chi connectivity index (χ1) is 10.2. The molecule has 0 fully saturated rings. The van der Waals surface area contributed by atoms with Crippen LogP contribution >= 0.6 is 0 Å². The van der Waals surface area contributed by atoms with Crippen molar-refractivity contribution in [3.8, 4) is 0 Å². The molecule has 1 aromatic carbocycles. The molecule has 2 rings (SSSR count). The average molecular weight is 286 g/mol. The minimum Gasteiger partial charge on any atom is -0.370 e. The van der Waals surface area contributed by atoms with Crippen LogP contribution in [0.4, 0.5) is 5.82 Å². The van der Waals surface area contributed by atoms with Crippen LogP contribution in [0.15, 0.2) is 30.3 Å². The molecule has 0 aliphatic rings. The highest BCUT2D eigenvalue weighted by atomic mass is 16.2. The molecule has 6 heteroatoms. The minimum absolute atomic E-state index is 0.0531. The van der Waals surface area contributed by atoms with Crippen molar-refractivity contribution in [3.05, 3.63) is 35.9 Å². The van der Waals surface area contributed by atoms with Crippen molar-refractivity contribution in [1.29, 1.82) is 0 Å². The summed E-state index contributed by atoms with van der Waals surface area (Å²) in [5.74, 6) is 0.103. The van der Waals surface area contributed by atoms with Crippen LogP contribution < -0.4 is 16.0 Å². The smallest absolute Gasteiger partial charge is 0.252 e. The molecule has 0 spiro atoms. The van der Waals surface area contributed by atoms with Gasteiger partial charge >= 0.3 is 0 Å². The van der Waals surface area contributed by atoms with Gasteiger partial charge in [0.05, 0.1) is 17.6 Å². The summed E-state index contributed by atoms with van der Waals surface area (Å²) in [5.41, 5.74) is 1.24. The summed E-state index contributed by atoms with van der Waals surface area (Å²) in [6.07, 6.45) is 0. The molecule has 2 amide bonds. The van der Waals surface area contributed by atoms with Crippen LogP contribution in [0, 0.1) is 0 Å². The van der Waals surface area contributed by atoms with Gasteiger partial charge < -0.3 is 16.0 Å². The van der Waals surface area contributed by atoms with Crippen molar-refractivity contribution in [2.45, 2.75) is 6.92 Å². The molecule has 0 saturated carbocycles. The third kappa shape index (κ3) is 3.47. The van der Waals surface area contributed by atoms with Gasteiger partial charge in [0.1, 0.15) is 5.82 Å². The summed E-state index contributed by atoms with van der Waals surface area (Å²) in [4.78, 5) is 28.0. The summed E-state index contributed by atoms with van der Waals surface area (Å²) in [7, 11) is 1.53. The lowest BCUT2D eigenvalue weighted by Gasteiger charge is -2.10. The van der Waals surface area contributed by atoms with Crippen molar-refractivity contribution >= 4 is 28.5 Å². The average Bonchev–Trinajstić information content (AvgIpc) is 2.51. The zero-order chi connectivity index (χ0) is 15.2. The standard InChI is InChI=1S/C15H18N4O2/c1-3-17-13-8-11(15(21)18-9-14(20)16-2)10-6-4-5-7-12(10)19-13/h4-8H,3,9H2,1-2H3,(H,16,20)(H,17,19)(H,18,21). The number of nitrogens with one attached hydrogen (secondary N) is 3. The van der Waals surface area contributed by atoms with Crippen molar-refractivity contribution in [2.24, 2.45) is 0 Å². The molecule has 0 bridgehead atoms. The number of amides is 2. The molecule has 1 heterocycles. The SMILES string of the molecule is CCNc1cc(C(=O)NCC(=O)NC)c2ccccc2n1. The van der Waals surface area contributed by atoms with Crippen LogP contribution in [0.25, 0.3) is 10.9 Å². The summed E-state index contributed by atoms with van der Waals surface area (Å²) in [6, 6.07) is 9.12. The summed E-state index contributed by atoms with van der Waals surface area (Å²) in [5, 5.41) is 8.93. The Hall–Kier alpha value is -2.63. The number of aromatic nitrogens is 1. The van der Waals surface area contributed by atoms with E-state index in [9.17, 15) is 9.59 Å². The minimum atomic E-state index is -0.295. The Morgan fingerprint density at radius 3 is 2.71 bits per heavy atom. The highest BCUT2D eigenvalue weighted by molar-refractivity contribution is 6.07. The lowest BCUT2D eigenvalue weighted by molar-refractivity contribution is -0.119. The Morgan fingerprint density at radius 2 is 2.00 bits per heavy atom. The molecule has 0 saturated heterocycles. The summed E-state index contributed by atoms with van der Waals surface area (Å²) < 4.78 is 0. The van der Waals surface area contributed by atoms with Gasteiger partial charge in [-0.1, -0.05) is 18.2 Å². The first-order valence-electron chi connectivity index (χ1n) is 6.78. The van der Waals surface area contributed by atoms with Gasteiger partial charge in [0, 0.05) is 19.0 Å². The van der Waals surface area contributed by atoms with E-state index in [4.69, 9.17) is 0 Å². The predicted molar refractivity (Wildman–Crippen MR) is 82.3 cm³/mol. The molecule has 1 aromatic heterocycles. The number of carbonyl (C=O) groups excluding carboxylic acids is 2. The Balaban J connectivity index is 2.36. The second-order valence-electron chi connectivity index (χ2n) is 4.46. The third-order valence-electron chi connectivity index (χ3n) is 3.01. The molecule has 0 aliphatic carbocycles. The zero-order valence-electron chi connectivity index (χ0n) is 12.1. The molecular weight excluding hydrogens is 268 g/mol. The summed E-state index contributed by atoms with van der Waals surface area (Å²) in [6.45, 7) is 2.62. The number of hydrogen-bond donors (Lipinski definition) is 3. The molecule has 110 valence electrons. The van der Waals surface area contributed by atoms with E-state index >= 15 is 0 Å². The molecule has 0 unspecified atom stereocenters. The first kappa shape index (κ1) is 14.8. The second kappa shape index (κ2) is 6.69. The number of anilines is 1. The first-order valence-corrected chi connectivity index (χ1v) is 6.78. The molecule has 0 atom stereocenters. The maximum atomic E-state index is 12.3. The van der Waals surface area contributed by atoms with Crippen molar-refractivity contribution < 1.29 is 9.59 Å². The van der Waals surface area contributed by atoms with E-state index in [1.54, 1.807) is 6.07 Å². The van der Waals surface area contributed by atoms with Gasteiger partial charge in [-0.3, -0.25) is 9.59 Å². The number of fused-ring (bicyclic) bond motifs is 1. The molecule has 2 aromatic rings. The van der Waals surface area contributed by atoms with Gasteiger partial charge in [-0.15, -0.1) is 0 Å². The largest absolute Gasteiger partial charge is 0.370 e. The van der Waals surface area contributed by atoms with E-state index in [-0.39, 0.29) is 18.4 Å². The van der Waals surface area contributed by atoms with Crippen LogP contribution in [0.5, 0.6) is 0 Å². The number of hydrogen-bond acceptors (Lipinski definition) is 4. The molecule has 0 radical (unpaired) electrons. The Kier molecular flexibility index (Phi) is 4.71. The van der Waals surface area contributed by atoms with E-state index in [0.29, 0.717) is 17.9 Å². The van der Waals surface area contributed by atoms with Crippen LogP contribution in [0.2, 0.25) is 0 Å². The van der Waals surface area contributed by atoms with Crippen LogP contribution in [-0.4, -0.2) is 36.9 Å². The van der Waals surface area contributed by atoms with Gasteiger partial charge in [0.2, 0.25) is 5.91 Å². The maximum Gasteiger partial charge on any atom is 0.252 e. The molecule has 0 aliphatic heterocycles. The number of nitrogens with zero attached hydrogens (tertiary/aromatic N) is 1. The van der Waals surface area contributed by atoms with Gasteiger partial charge in [0.25, 0.3) is 5.91 Å². The molecular formula is C15H18N4O2. The van der Waals surface area contributed by atoms with Gasteiger partial charge in [-0.05, 0) is 19.1 Å². The Bertz CT molecular complexity index is 670. The lowest BCUT2D eigenvalue weighted by atomic mass is 10.1. The van der Waals surface area contributed by atoms with Crippen LogP contribution in [0.1, 0.15) is 17.3 Å². The number of rotatable bonds is 5. The Morgan fingerprint density at radius 1 is 1.24 bits per heavy atom. The van der Waals surface area contributed by atoms with E-state index in [0.717, 1.165) is 10.9 Å². The molecule has 6 nitrogen and oxygen atoms in total. The number of likely N-dealkylation sites (N-methyl/N-ethyl adjacent to an activating group) is 1. The van der Waals surface area contributed by atoms with Crippen molar-refractivity contribution in [2.75, 3.05) is 25.5 Å². The summed E-state index contributed by atoms with van der Waals surface area (Å²) >= 11 is 0. The second-order valence-corrected chi connectivity index (χ2v) is 4.46. The fraction of sp³-hybridized carbons (Fsp3) is 0.267. The quantitative estimate of drug-likeness (QED) is 0.770. The van der Waals surface area contributed by atoms with Gasteiger partial charge in [0.15, 0.2) is 0 Å². The number of pyridine rings is 1. The predicted octanol–water partition coefficient (Wildman–Crippen LogP) is 1.14. The van der Waals surface area contributed by atoms with E-state index in [1.807, 2.05) is 31.2 Å². The fourth-order valence-electron chi connectivity index (χ4n) is 1.98. The molecule has 3 N–H and O–H groups in total. The van der Waals surface area contributed by atoms with Crippen molar-refractivity contribution in [3.63, 3.8) is 0 Å². The highest BCUT2D eigenvalue weighted by Gasteiger charge is 2.13. The highest BCUT2D eigenvalue weighted by Crippen LogP contribution is 2.20. The third-order valence-corrected chi connectivity index (χ3v) is 3.01. The number of benzene rings is 1. The monoisotopic (exact) mass is 286 g/mol. The van der Waals surface area contributed by atoms with Gasteiger partial charge in [-0.2, -0.15) is 0 Å². The topological polar surface area (TPSA) is 83.1 Å². The van der Waals surface area contributed by atoms with Crippen LogP contribution in [0.3, 0.4) is 0 Å². The van der Waals surface area contributed by atoms with E-state index < -0.39 is 0 Å². The lowest BCUT2D eigenvalue weighted by Crippen LogP contribution is -2.35. The Labute approximate surface area is 122 Å².